The number of nitrogens with one attached hydrogen (secondary N) is 1. The van der Waals surface area contributed by atoms with Crippen LogP contribution in [-0.4, -0.2) is 29.6 Å². The summed E-state index contributed by atoms with van der Waals surface area (Å²) in [7, 11) is 1.29. The fourth-order valence-electron chi connectivity index (χ4n) is 2.87. The molecular weight excluding hydrogens is 335 g/mol. The number of benzene rings is 2. The van der Waals surface area contributed by atoms with Crippen LogP contribution in [0.2, 0.25) is 0 Å². The number of carbonyl (C=O) groups is 2. The summed E-state index contributed by atoms with van der Waals surface area (Å²) in [4.78, 5) is 24.4. The normalized spacial score (nSPS) is 11.9. The molecule has 0 radical (unpaired) electrons. The molecule has 2 aromatic carbocycles. The molecule has 134 valence electrons. The number of hydrogen-bond donors (Lipinski definition) is 1. The smallest absolute Gasteiger partial charge is 0.328 e. The zero-order valence-electron chi connectivity index (χ0n) is 14.3. The van der Waals surface area contributed by atoms with E-state index in [0.29, 0.717) is 11.9 Å². The maximum absolute atomic E-state index is 13.5. The van der Waals surface area contributed by atoms with E-state index in [1.807, 2.05) is 36.4 Å². The lowest BCUT2D eigenvalue weighted by Crippen LogP contribution is -2.44. The maximum atomic E-state index is 13.5. The van der Waals surface area contributed by atoms with Gasteiger partial charge in [0, 0.05) is 12.6 Å². The standard InChI is InChI=1S/C20H19FN2O3/c1-26-20(25)17(11-14-5-3-2-4-6-14)22-19(24)13-23-10-9-15-7-8-16(21)12-18(15)23/h2-10,12,17H,11,13H2,1H3,(H,22,24)/t17-/m1/s1. The molecule has 0 saturated carbocycles. The van der Waals surface area contributed by atoms with Crippen molar-refractivity contribution in [2.24, 2.45) is 0 Å². The average Bonchev–Trinajstić information content (AvgIpc) is 3.03. The second kappa shape index (κ2) is 7.82. The Morgan fingerprint density at radius 3 is 2.65 bits per heavy atom. The van der Waals surface area contributed by atoms with E-state index in [1.165, 1.54) is 19.2 Å². The van der Waals surface area contributed by atoms with Crippen LogP contribution in [0.3, 0.4) is 0 Å². The molecule has 0 unspecified atom stereocenters. The van der Waals surface area contributed by atoms with E-state index in [-0.39, 0.29) is 18.3 Å². The molecule has 26 heavy (non-hydrogen) atoms. The van der Waals surface area contributed by atoms with Crippen LogP contribution in [0.4, 0.5) is 4.39 Å². The van der Waals surface area contributed by atoms with Gasteiger partial charge in [0.05, 0.1) is 12.6 Å². The number of methoxy groups -OCH3 is 1. The minimum atomic E-state index is -0.784. The third-order valence-corrected chi connectivity index (χ3v) is 4.15. The Kier molecular flexibility index (Phi) is 5.31. The minimum Gasteiger partial charge on any atom is -0.467 e. The van der Waals surface area contributed by atoms with Gasteiger partial charge in [-0.3, -0.25) is 4.79 Å². The van der Waals surface area contributed by atoms with Crippen LogP contribution in [0.1, 0.15) is 5.56 Å². The quantitative estimate of drug-likeness (QED) is 0.693. The van der Waals surface area contributed by atoms with Crippen molar-refractivity contribution in [2.45, 2.75) is 19.0 Å². The first-order valence-electron chi connectivity index (χ1n) is 8.22. The van der Waals surface area contributed by atoms with Gasteiger partial charge in [0.1, 0.15) is 18.4 Å². The SMILES string of the molecule is COC(=O)[C@@H](Cc1ccccc1)NC(=O)Cn1ccc2ccc(F)cc21. The average molecular weight is 354 g/mol. The van der Waals surface area contributed by atoms with Gasteiger partial charge in [0.25, 0.3) is 0 Å². The molecule has 1 amide bonds. The van der Waals surface area contributed by atoms with E-state index < -0.39 is 12.0 Å². The zero-order valence-corrected chi connectivity index (χ0v) is 14.3. The summed E-state index contributed by atoms with van der Waals surface area (Å²) < 4.78 is 19.9. The molecule has 0 saturated heterocycles. The highest BCUT2D eigenvalue weighted by atomic mass is 19.1. The number of nitrogens with zero attached hydrogens (tertiary/aromatic N) is 1. The number of fused-ring (bicyclic) bond motifs is 1. The number of amides is 1. The van der Waals surface area contributed by atoms with Crippen LogP contribution in [-0.2, 0) is 27.3 Å². The van der Waals surface area contributed by atoms with Crippen molar-refractivity contribution in [2.75, 3.05) is 7.11 Å². The molecule has 3 rings (SSSR count). The molecule has 0 spiro atoms. The summed E-state index contributed by atoms with van der Waals surface area (Å²) in [5.74, 6) is -1.22. The third kappa shape index (κ3) is 4.08. The number of carbonyl (C=O) groups excluding carboxylic acids is 2. The minimum absolute atomic E-state index is 0.0186. The van der Waals surface area contributed by atoms with Gasteiger partial charge in [-0.2, -0.15) is 0 Å². The van der Waals surface area contributed by atoms with E-state index in [9.17, 15) is 14.0 Å². The Morgan fingerprint density at radius 2 is 1.92 bits per heavy atom. The Bertz CT molecular complexity index is 921. The molecule has 0 aliphatic carbocycles. The van der Waals surface area contributed by atoms with Gasteiger partial charge in [-0.15, -0.1) is 0 Å². The molecule has 1 heterocycles. The lowest BCUT2D eigenvalue weighted by atomic mass is 10.1. The monoisotopic (exact) mass is 354 g/mol. The van der Waals surface area contributed by atoms with Crippen LogP contribution in [0.25, 0.3) is 10.9 Å². The number of esters is 1. The third-order valence-electron chi connectivity index (χ3n) is 4.15. The molecule has 3 aromatic rings. The molecule has 1 atom stereocenters. The van der Waals surface area contributed by atoms with Crippen LogP contribution in [0.5, 0.6) is 0 Å². The number of aromatic nitrogens is 1. The summed E-state index contributed by atoms with van der Waals surface area (Å²) in [6.45, 7) is -0.0186. The molecule has 0 fully saturated rings. The van der Waals surface area contributed by atoms with Crippen molar-refractivity contribution < 1.29 is 18.7 Å². The predicted octanol–water partition coefficient (Wildman–Crippen LogP) is 2.68. The van der Waals surface area contributed by atoms with Crippen molar-refractivity contribution in [3.05, 3.63) is 72.2 Å². The fraction of sp³-hybridized carbons (Fsp3) is 0.200. The summed E-state index contributed by atoms with van der Waals surface area (Å²) in [6.07, 6.45) is 2.05. The van der Waals surface area contributed by atoms with Crippen molar-refractivity contribution in [1.82, 2.24) is 9.88 Å². The van der Waals surface area contributed by atoms with Crippen molar-refractivity contribution in [3.63, 3.8) is 0 Å². The molecule has 6 heteroatoms. The molecular formula is C20H19FN2O3. The van der Waals surface area contributed by atoms with Crippen LogP contribution >= 0.6 is 0 Å². The zero-order chi connectivity index (χ0) is 18.5. The second-order valence-corrected chi connectivity index (χ2v) is 5.98. The Morgan fingerprint density at radius 1 is 1.15 bits per heavy atom. The highest BCUT2D eigenvalue weighted by Crippen LogP contribution is 2.17. The lowest BCUT2D eigenvalue weighted by Gasteiger charge is -2.17. The first-order valence-corrected chi connectivity index (χ1v) is 8.22. The van der Waals surface area contributed by atoms with Gasteiger partial charge >= 0.3 is 5.97 Å². The summed E-state index contributed by atoms with van der Waals surface area (Å²) in [5.41, 5.74) is 1.54. The van der Waals surface area contributed by atoms with E-state index >= 15 is 0 Å². The van der Waals surface area contributed by atoms with E-state index in [0.717, 1.165) is 10.9 Å². The summed E-state index contributed by atoms with van der Waals surface area (Å²) in [5, 5.41) is 3.55. The molecule has 1 aromatic heterocycles. The highest BCUT2D eigenvalue weighted by Gasteiger charge is 2.22. The van der Waals surface area contributed by atoms with Crippen LogP contribution in [0.15, 0.2) is 60.8 Å². The van der Waals surface area contributed by atoms with E-state index in [1.54, 1.807) is 16.8 Å². The van der Waals surface area contributed by atoms with Crippen molar-refractivity contribution in [3.8, 4) is 0 Å². The molecule has 5 nitrogen and oxygen atoms in total. The molecule has 0 aliphatic rings. The predicted molar refractivity (Wildman–Crippen MR) is 96.0 cm³/mol. The number of halogens is 1. The van der Waals surface area contributed by atoms with E-state index in [2.05, 4.69) is 5.32 Å². The fourth-order valence-corrected chi connectivity index (χ4v) is 2.87. The van der Waals surface area contributed by atoms with Gasteiger partial charge in [0.15, 0.2) is 0 Å². The largest absolute Gasteiger partial charge is 0.467 e. The first kappa shape index (κ1) is 17.7. The Hall–Kier alpha value is -3.15. The summed E-state index contributed by atoms with van der Waals surface area (Å²) >= 11 is 0. The van der Waals surface area contributed by atoms with Gasteiger partial charge in [0.2, 0.25) is 5.91 Å². The molecule has 1 N–H and O–H groups in total. The highest BCUT2D eigenvalue weighted by molar-refractivity contribution is 5.86. The Balaban J connectivity index is 1.72. The number of rotatable bonds is 6. The Labute approximate surface area is 150 Å². The lowest BCUT2D eigenvalue weighted by molar-refractivity contribution is -0.145. The van der Waals surface area contributed by atoms with Gasteiger partial charge in [-0.1, -0.05) is 30.3 Å². The van der Waals surface area contributed by atoms with Gasteiger partial charge in [-0.05, 0) is 35.2 Å². The number of ether oxygens (including phenoxy) is 1. The van der Waals surface area contributed by atoms with Crippen LogP contribution in [0, 0.1) is 5.82 Å². The first-order chi connectivity index (χ1) is 12.6. The molecule has 0 aliphatic heterocycles. The van der Waals surface area contributed by atoms with Gasteiger partial charge in [-0.25, -0.2) is 9.18 Å². The van der Waals surface area contributed by atoms with Crippen molar-refractivity contribution >= 4 is 22.8 Å². The summed E-state index contributed by atoms with van der Waals surface area (Å²) in [6, 6.07) is 14.8. The van der Waals surface area contributed by atoms with Gasteiger partial charge < -0.3 is 14.6 Å². The topological polar surface area (TPSA) is 60.3 Å². The van der Waals surface area contributed by atoms with E-state index in [4.69, 9.17) is 4.74 Å². The van der Waals surface area contributed by atoms with Crippen LogP contribution < -0.4 is 5.32 Å². The van der Waals surface area contributed by atoms with Crippen molar-refractivity contribution in [1.29, 1.82) is 0 Å². The molecule has 0 bridgehead atoms. The number of hydrogen-bond acceptors (Lipinski definition) is 3. The maximum Gasteiger partial charge on any atom is 0.328 e. The second-order valence-electron chi connectivity index (χ2n) is 5.98.